The molecule has 0 aliphatic carbocycles. The first kappa shape index (κ1) is 15.0. The fourth-order valence-electron chi connectivity index (χ4n) is 1.13. The number of hydrogen-bond acceptors (Lipinski definition) is 1. The van der Waals surface area contributed by atoms with E-state index in [9.17, 15) is 0 Å². The molecule has 0 saturated carbocycles. The van der Waals surface area contributed by atoms with E-state index in [4.69, 9.17) is 27.9 Å². The van der Waals surface area contributed by atoms with Gasteiger partial charge in [-0.2, -0.15) is 0 Å². The van der Waals surface area contributed by atoms with E-state index in [-0.39, 0.29) is 10.9 Å². The Morgan fingerprint density at radius 1 is 1.14 bits per heavy atom. The van der Waals surface area contributed by atoms with Crippen LogP contribution in [0.15, 0.2) is 0 Å². The van der Waals surface area contributed by atoms with Crippen LogP contribution >= 0.6 is 39.1 Å². The fraction of sp³-hybridized carbons (Fsp3) is 1.00. The van der Waals surface area contributed by atoms with Gasteiger partial charge in [0.1, 0.15) is 0 Å². The molecule has 4 heteroatoms. The minimum Gasteiger partial charge on any atom is -0.375 e. The summed E-state index contributed by atoms with van der Waals surface area (Å²) in [6.45, 7) is 5.14. The molecule has 0 rings (SSSR count). The second kappa shape index (κ2) is 9.26. The van der Waals surface area contributed by atoms with E-state index in [1.807, 2.05) is 0 Å². The van der Waals surface area contributed by atoms with Gasteiger partial charge in [0, 0.05) is 18.4 Å². The largest absolute Gasteiger partial charge is 0.375 e. The lowest BCUT2D eigenvalue weighted by Crippen LogP contribution is -2.29. The van der Waals surface area contributed by atoms with Crippen LogP contribution in [0.4, 0.5) is 0 Å². The molecule has 0 N–H and O–H groups in total. The molecule has 0 aliphatic rings. The Morgan fingerprint density at radius 3 is 2.07 bits per heavy atom. The third-order valence-corrected chi connectivity index (χ3v) is 4.33. The van der Waals surface area contributed by atoms with E-state index in [1.165, 1.54) is 0 Å². The summed E-state index contributed by atoms with van der Waals surface area (Å²) in [4.78, 5) is 0.149. The third kappa shape index (κ3) is 5.79. The van der Waals surface area contributed by atoms with Crippen LogP contribution in [0.2, 0.25) is 0 Å². The van der Waals surface area contributed by atoms with Gasteiger partial charge in [-0.3, -0.25) is 0 Å². The van der Waals surface area contributed by atoms with E-state index >= 15 is 0 Å². The smallest absolute Gasteiger partial charge is 0.0846 e. The van der Waals surface area contributed by atoms with Crippen molar-refractivity contribution in [3.8, 4) is 0 Å². The molecule has 2 atom stereocenters. The molecule has 0 aliphatic heterocycles. The summed E-state index contributed by atoms with van der Waals surface area (Å²) >= 11 is 15.0. The quantitative estimate of drug-likeness (QED) is 0.615. The van der Waals surface area contributed by atoms with E-state index in [1.54, 1.807) is 0 Å². The van der Waals surface area contributed by atoms with E-state index < -0.39 is 0 Å². The van der Waals surface area contributed by atoms with Crippen molar-refractivity contribution >= 4 is 39.1 Å². The molecule has 14 heavy (non-hydrogen) atoms. The first-order chi connectivity index (χ1) is 6.69. The normalized spacial score (nSPS) is 15.9. The van der Waals surface area contributed by atoms with E-state index in [2.05, 4.69) is 29.8 Å². The van der Waals surface area contributed by atoms with Crippen molar-refractivity contribution in [2.24, 2.45) is 5.92 Å². The molecule has 0 aromatic heterocycles. The first-order valence-electron chi connectivity index (χ1n) is 5.07. The van der Waals surface area contributed by atoms with E-state index in [0.29, 0.717) is 17.7 Å². The van der Waals surface area contributed by atoms with Gasteiger partial charge in [0.25, 0.3) is 0 Å². The zero-order chi connectivity index (χ0) is 11.0. The van der Waals surface area contributed by atoms with Gasteiger partial charge in [0.05, 0.1) is 10.9 Å². The van der Waals surface area contributed by atoms with Gasteiger partial charge in [-0.25, -0.2) is 0 Å². The second-order valence-corrected chi connectivity index (χ2v) is 5.17. The molecule has 86 valence electrons. The fourth-order valence-corrected chi connectivity index (χ4v) is 2.19. The first-order valence-corrected chi connectivity index (χ1v) is 7.05. The summed E-state index contributed by atoms with van der Waals surface area (Å²) < 4.78 is 5.72. The molecule has 0 amide bonds. The number of rotatable bonds is 8. The van der Waals surface area contributed by atoms with Crippen molar-refractivity contribution in [2.45, 2.75) is 37.6 Å². The molecule has 0 heterocycles. The average Bonchev–Trinajstić information content (AvgIpc) is 2.24. The lowest BCUT2D eigenvalue weighted by atomic mass is 10.1. The maximum absolute atomic E-state index is 5.80. The number of alkyl halides is 3. The summed E-state index contributed by atoms with van der Waals surface area (Å²) in [5.41, 5.74) is 0. The summed E-state index contributed by atoms with van der Waals surface area (Å²) in [5, 5.41) is 0. The predicted molar refractivity (Wildman–Crippen MR) is 68.0 cm³/mol. The maximum atomic E-state index is 5.80. The van der Waals surface area contributed by atoms with Gasteiger partial charge in [0.2, 0.25) is 0 Å². The Morgan fingerprint density at radius 2 is 1.71 bits per heavy atom. The standard InChI is InChI=1S/C10H19BrCl2O/c1-3-8(4-2)7-14-10(6-13)9(11)5-12/h8-10H,3-7H2,1-2H3. The summed E-state index contributed by atoms with van der Waals surface area (Å²) in [7, 11) is 0. The zero-order valence-electron chi connectivity index (χ0n) is 8.81. The maximum Gasteiger partial charge on any atom is 0.0846 e. The number of ether oxygens (including phenoxy) is 1. The highest BCUT2D eigenvalue weighted by molar-refractivity contribution is 9.09. The monoisotopic (exact) mass is 304 g/mol. The Balaban J connectivity index is 3.81. The summed E-state index contributed by atoms with van der Waals surface area (Å²) in [6.07, 6.45) is 2.33. The second-order valence-electron chi connectivity index (χ2n) is 3.38. The Labute approximate surface area is 106 Å². The highest BCUT2D eigenvalue weighted by Crippen LogP contribution is 2.16. The minimum atomic E-state index is 0.0229. The Bertz CT molecular complexity index is 131. The molecular formula is C10H19BrCl2O. The lowest BCUT2D eigenvalue weighted by molar-refractivity contribution is 0.0429. The molecular weight excluding hydrogens is 287 g/mol. The van der Waals surface area contributed by atoms with Crippen molar-refractivity contribution in [2.75, 3.05) is 18.4 Å². The van der Waals surface area contributed by atoms with Crippen LogP contribution in [-0.2, 0) is 4.74 Å². The van der Waals surface area contributed by atoms with Crippen LogP contribution in [0, 0.1) is 5.92 Å². The number of halogens is 3. The lowest BCUT2D eigenvalue weighted by Gasteiger charge is -2.22. The minimum absolute atomic E-state index is 0.0229. The van der Waals surface area contributed by atoms with Crippen LogP contribution in [0.5, 0.6) is 0 Å². The van der Waals surface area contributed by atoms with Gasteiger partial charge in [-0.1, -0.05) is 42.6 Å². The molecule has 0 spiro atoms. The van der Waals surface area contributed by atoms with Crippen LogP contribution in [0.25, 0.3) is 0 Å². The van der Waals surface area contributed by atoms with Gasteiger partial charge >= 0.3 is 0 Å². The van der Waals surface area contributed by atoms with Crippen molar-refractivity contribution in [1.29, 1.82) is 0 Å². The van der Waals surface area contributed by atoms with Gasteiger partial charge in [0.15, 0.2) is 0 Å². The average molecular weight is 306 g/mol. The highest BCUT2D eigenvalue weighted by atomic mass is 79.9. The zero-order valence-corrected chi connectivity index (χ0v) is 11.9. The topological polar surface area (TPSA) is 9.23 Å². The number of hydrogen-bond donors (Lipinski definition) is 0. The van der Waals surface area contributed by atoms with Gasteiger partial charge in [-0.05, 0) is 5.92 Å². The Kier molecular flexibility index (Phi) is 9.94. The van der Waals surface area contributed by atoms with Crippen LogP contribution < -0.4 is 0 Å². The molecule has 0 aromatic rings. The van der Waals surface area contributed by atoms with Crippen LogP contribution in [0.3, 0.4) is 0 Å². The van der Waals surface area contributed by atoms with Crippen LogP contribution in [0.1, 0.15) is 26.7 Å². The van der Waals surface area contributed by atoms with Gasteiger partial charge in [-0.15, -0.1) is 23.2 Å². The van der Waals surface area contributed by atoms with E-state index in [0.717, 1.165) is 19.4 Å². The third-order valence-electron chi connectivity index (χ3n) is 2.40. The predicted octanol–water partition coefficient (Wildman–Crippen LogP) is 4.05. The molecule has 0 bridgehead atoms. The molecule has 0 fully saturated rings. The molecule has 1 nitrogen and oxygen atoms in total. The highest BCUT2D eigenvalue weighted by Gasteiger charge is 2.18. The van der Waals surface area contributed by atoms with Crippen molar-refractivity contribution in [3.05, 3.63) is 0 Å². The van der Waals surface area contributed by atoms with Gasteiger partial charge < -0.3 is 4.74 Å². The molecule has 2 unspecified atom stereocenters. The summed E-state index contributed by atoms with van der Waals surface area (Å²) in [5.74, 6) is 1.65. The van der Waals surface area contributed by atoms with Crippen molar-refractivity contribution in [1.82, 2.24) is 0 Å². The Hall–Kier alpha value is 1.02. The van der Waals surface area contributed by atoms with Crippen LogP contribution in [-0.4, -0.2) is 29.3 Å². The molecule has 0 aromatic carbocycles. The van der Waals surface area contributed by atoms with Crippen molar-refractivity contribution < 1.29 is 4.74 Å². The SMILES string of the molecule is CCC(CC)COC(CCl)C(Br)CCl. The summed E-state index contributed by atoms with van der Waals surface area (Å²) in [6, 6.07) is 0. The van der Waals surface area contributed by atoms with Crippen molar-refractivity contribution in [3.63, 3.8) is 0 Å². The molecule has 0 saturated heterocycles. The molecule has 0 radical (unpaired) electrons.